The van der Waals surface area contributed by atoms with Crippen LogP contribution in [0.3, 0.4) is 0 Å². The summed E-state index contributed by atoms with van der Waals surface area (Å²) < 4.78 is 6.47. The minimum absolute atomic E-state index is 0.0787. The maximum absolute atomic E-state index is 12.0. The van der Waals surface area contributed by atoms with Gasteiger partial charge in [-0.15, -0.1) is 0 Å². The standard InChI is InChI=1S/C14H16N2O2S/c1-8-6-10-12(7-9(8)2)19-14(15-10)16-13(17)11-4-3-5-18-11/h6-7,11H,3-5H2,1-2H3,(H,15,16,17). The van der Waals surface area contributed by atoms with Crippen LogP contribution in [0.15, 0.2) is 12.1 Å². The first-order valence-electron chi connectivity index (χ1n) is 6.44. The van der Waals surface area contributed by atoms with E-state index in [0.717, 1.165) is 23.1 Å². The van der Waals surface area contributed by atoms with Gasteiger partial charge in [-0.25, -0.2) is 4.98 Å². The summed E-state index contributed by atoms with van der Waals surface area (Å²) in [5.74, 6) is -0.0787. The van der Waals surface area contributed by atoms with Gasteiger partial charge in [0.2, 0.25) is 0 Å². The number of aromatic nitrogens is 1. The van der Waals surface area contributed by atoms with E-state index in [4.69, 9.17) is 4.74 Å². The van der Waals surface area contributed by atoms with Crippen molar-refractivity contribution in [1.29, 1.82) is 0 Å². The molecule has 1 aromatic heterocycles. The minimum atomic E-state index is -0.310. The van der Waals surface area contributed by atoms with E-state index < -0.39 is 0 Å². The van der Waals surface area contributed by atoms with Gasteiger partial charge in [-0.3, -0.25) is 10.1 Å². The number of anilines is 1. The van der Waals surface area contributed by atoms with E-state index in [1.807, 2.05) is 0 Å². The lowest BCUT2D eigenvalue weighted by molar-refractivity contribution is -0.124. The highest BCUT2D eigenvalue weighted by molar-refractivity contribution is 7.22. The Labute approximate surface area is 115 Å². The molecule has 0 bridgehead atoms. The number of rotatable bonds is 2. The highest BCUT2D eigenvalue weighted by Crippen LogP contribution is 2.28. The molecule has 2 aromatic rings. The van der Waals surface area contributed by atoms with Crippen molar-refractivity contribution < 1.29 is 9.53 Å². The molecule has 1 aliphatic rings. The molecule has 1 atom stereocenters. The molecule has 1 N–H and O–H groups in total. The molecule has 1 saturated heterocycles. The lowest BCUT2D eigenvalue weighted by Crippen LogP contribution is -2.26. The number of aryl methyl sites for hydroxylation is 2. The molecule has 5 heteroatoms. The summed E-state index contributed by atoms with van der Waals surface area (Å²) in [7, 11) is 0. The predicted octanol–water partition coefficient (Wildman–Crippen LogP) is 3.03. The third-order valence-corrected chi connectivity index (χ3v) is 4.39. The molecule has 100 valence electrons. The maximum Gasteiger partial charge on any atom is 0.255 e. The van der Waals surface area contributed by atoms with Crippen molar-refractivity contribution in [1.82, 2.24) is 4.98 Å². The van der Waals surface area contributed by atoms with Crippen LogP contribution in [0.2, 0.25) is 0 Å². The lowest BCUT2D eigenvalue weighted by Gasteiger charge is -2.07. The highest BCUT2D eigenvalue weighted by Gasteiger charge is 2.24. The molecule has 2 heterocycles. The molecule has 0 aliphatic carbocycles. The van der Waals surface area contributed by atoms with Gasteiger partial charge < -0.3 is 4.74 Å². The number of carbonyl (C=O) groups is 1. The quantitative estimate of drug-likeness (QED) is 0.917. The molecule has 0 radical (unpaired) electrons. The van der Waals surface area contributed by atoms with E-state index in [0.29, 0.717) is 11.7 Å². The van der Waals surface area contributed by atoms with Gasteiger partial charge in [0.05, 0.1) is 10.2 Å². The number of hydrogen-bond acceptors (Lipinski definition) is 4. The summed E-state index contributed by atoms with van der Waals surface area (Å²) in [5, 5.41) is 3.51. The van der Waals surface area contributed by atoms with Gasteiger partial charge in [0.1, 0.15) is 6.10 Å². The lowest BCUT2D eigenvalue weighted by atomic mass is 10.1. The predicted molar refractivity (Wildman–Crippen MR) is 76.7 cm³/mol. The Morgan fingerprint density at radius 2 is 2.21 bits per heavy atom. The van der Waals surface area contributed by atoms with Crippen LogP contribution in [-0.2, 0) is 9.53 Å². The molecule has 1 aromatic carbocycles. The molecule has 1 unspecified atom stereocenters. The number of hydrogen-bond donors (Lipinski definition) is 1. The van der Waals surface area contributed by atoms with E-state index in [2.05, 4.69) is 36.3 Å². The Hall–Kier alpha value is -1.46. The Morgan fingerprint density at radius 1 is 1.42 bits per heavy atom. The Bertz CT molecular complexity index is 591. The summed E-state index contributed by atoms with van der Waals surface area (Å²) in [6.45, 7) is 4.83. The summed E-state index contributed by atoms with van der Waals surface area (Å²) in [4.78, 5) is 16.4. The average molecular weight is 276 g/mol. The van der Waals surface area contributed by atoms with E-state index >= 15 is 0 Å². The van der Waals surface area contributed by atoms with Crippen molar-refractivity contribution in [2.45, 2.75) is 32.8 Å². The van der Waals surface area contributed by atoms with E-state index in [1.165, 1.54) is 22.5 Å². The third-order valence-electron chi connectivity index (χ3n) is 3.46. The number of carbonyl (C=O) groups excluding carboxylic acids is 1. The smallest absolute Gasteiger partial charge is 0.255 e. The van der Waals surface area contributed by atoms with Gasteiger partial charge in [0, 0.05) is 6.61 Å². The zero-order valence-electron chi connectivity index (χ0n) is 11.0. The normalized spacial score (nSPS) is 18.9. The minimum Gasteiger partial charge on any atom is -0.368 e. The number of amides is 1. The van der Waals surface area contributed by atoms with Gasteiger partial charge in [-0.2, -0.15) is 0 Å². The molecular formula is C14H16N2O2S. The van der Waals surface area contributed by atoms with Crippen molar-refractivity contribution >= 4 is 32.6 Å². The number of benzene rings is 1. The second-order valence-electron chi connectivity index (χ2n) is 4.91. The fraction of sp³-hybridized carbons (Fsp3) is 0.429. The Morgan fingerprint density at radius 3 is 2.95 bits per heavy atom. The Balaban J connectivity index is 1.83. The average Bonchev–Trinajstić information content (AvgIpc) is 2.98. The van der Waals surface area contributed by atoms with Gasteiger partial charge in [0.15, 0.2) is 5.13 Å². The molecule has 1 fully saturated rings. The summed E-state index contributed by atoms with van der Waals surface area (Å²) in [5.41, 5.74) is 3.40. The van der Waals surface area contributed by atoms with Crippen LogP contribution in [0.4, 0.5) is 5.13 Å². The second-order valence-corrected chi connectivity index (χ2v) is 5.94. The van der Waals surface area contributed by atoms with Crippen LogP contribution >= 0.6 is 11.3 Å². The fourth-order valence-electron chi connectivity index (χ4n) is 2.20. The van der Waals surface area contributed by atoms with Crippen LogP contribution in [0.5, 0.6) is 0 Å². The van der Waals surface area contributed by atoms with Gasteiger partial charge in [-0.05, 0) is 49.9 Å². The molecule has 1 amide bonds. The monoisotopic (exact) mass is 276 g/mol. The van der Waals surface area contributed by atoms with Crippen molar-refractivity contribution in [2.75, 3.05) is 11.9 Å². The SMILES string of the molecule is Cc1cc2nc(NC(=O)C3CCCO3)sc2cc1C. The maximum atomic E-state index is 12.0. The number of fused-ring (bicyclic) bond motifs is 1. The first-order chi connectivity index (χ1) is 9.13. The number of thiazole rings is 1. The van der Waals surface area contributed by atoms with Crippen molar-refractivity contribution in [3.05, 3.63) is 23.3 Å². The molecular weight excluding hydrogens is 260 g/mol. The molecule has 19 heavy (non-hydrogen) atoms. The Kier molecular flexibility index (Phi) is 3.24. The largest absolute Gasteiger partial charge is 0.368 e. The molecule has 1 aliphatic heterocycles. The fourth-order valence-corrected chi connectivity index (χ4v) is 3.15. The van der Waals surface area contributed by atoms with Gasteiger partial charge >= 0.3 is 0 Å². The van der Waals surface area contributed by atoms with Crippen LogP contribution in [0.1, 0.15) is 24.0 Å². The first-order valence-corrected chi connectivity index (χ1v) is 7.25. The summed E-state index contributed by atoms with van der Waals surface area (Å²) in [6.07, 6.45) is 1.45. The van der Waals surface area contributed by atoms with Crippen molar-refractivity contribution in [2.24, 2.45) is 0 Å². The first kappa shape index (κ1) is 12.6. The van der Waals surface area contributed by atoms with Gasteiger partial charge in [-0.1, -0.05) is 11.3 Å². The number of ether oxygens (including phenoxy) is 1. The molecule has 3 rings (SSSR count). The van der Waals surface area contributed by atoms with E-state index in [9.17, 15) is 4.79 Å². The number of nitrogens with one attached hydrogen (secondary N) is 1. The van der Waals surface area contributed by atoms with Crippen LogP contribution < -0.4 is 5.32 Å². The third kappa shape index (κ3) is 2.48. The van der Waals surface area contributed by atoms with Crippen LogP contribution in [-0.4, -0.2) is 23.6 Å². The van der Waals surface area contributed by atoms with E-state index in [1.54, 1.807) is 0 Å². The van der Waals surface area contributed by atoms with Crippen molar-refractivity contribution in [3.8, 4) is 0 Å². The van der Waals surface area contributed by atoms with Crippen LogP contribution in [0.25, 0.3) is 10.2 Å². The highest BCUT2D eigenvalue weighted by atomic mass is 32.1. The molecule has 4 nitrogen and oxygen atoms in total. The second kappa shape index (κ2) is 4.90. The molecule has 0 saturated carbocycles. The van der Waals surface area contributed by atoms with Crippen LogP contribution in [0, 0.1) is 13.8 Å². The zero-order valence-corrected chi connectivity index (χ0v) is 11.8. The summed E-state index contributed by atoms with van der Waals surface area (Å²) in [6, 6.07) is 4.17. The van der Waals surface area contributed by atoms with Crippen molar-refractivity contribution in [3.63, 3.8) is 0 Å². The van der Waals surface area contributed by atoms with Gasteiger partial charge in [0.25, 0.3) is 5.91 Å². The molecule has 0 spiro atoms. The van der Waals surface area contributed by atoms with E-state index in [-0.39, 0.29) is 12.0 Å². The topological polar surface area (TPSA) is 51.2 Å². The summed E-state index contributed by atoms with van der Waals surface area (Å²) >= 11 is 1.51. The number of nitrogens with zero attached hydrogens (tertiary/aromatic N) is 1. The zero-order chi connectivity index (χ0) is 13.4.